The number of hydroxylamine groups is 2. The first-order chi connectivity index (χ1) is 13.0. The van der Waals surface area contributed by atoms with Crippen LogP contribution in [0.5, 0.6) is 0 Å². The Morgan fingerprint density at radius 2 is 0.893 bits per heavy atom. The summed E-state index contributed by atoms with van der Waals surface area (Å²) in [5, 5.41) is 25.6. The van der Waals surface area contributed by atoms with E-state index in [0.717, 1.165) is 20.6 Å². The van der Waals surface area contributed by atoms with E-state index >= 15 is 0 Å². The molecule has 2 rings (SSSR count). The fourth-order valence-corrected chi connectivity index (χ4v) is 2.86. The lowest BCUT2D eigenvalue weighted by Gasteiger charge is -2.26. The Morgan fingerprint density at radius 3 is 1.14 bits per heavy atom. The van der Waals surface area contributed by atoms with E-state index in [1.807, 2.05) is 102 Å². The van der Waals surface area contributed by atoms with Crippen LogP contribution >= 0.6 is 0 Å². The summed E-state index contributed by atoms with van der Waals surface area (Å²) in [7, 11) is 0. The molecule has 0 aliphatic carbocycles. The van der Waals surface area contributed by atoms with Gasteiger partial charge in [-0.1, -0.05) is 60.7 Å². The highest BCUT2D eigenvalue weighted by molar-refractivity contribution is 5.77. The summed E-state index contributed by atoms with van der Waals surface area (Å²) < 4.78 is 2.00. The fourth-order valence-electron chi connectivity index (χ4n) is 2.86. The second kappa shape index (κ2) is 8.59. The van der Waals surface area contributed by atoms with Crippen LogP contribution in [0, 0.1) is 10.4 Å². The van der Waals surface area contributed by atoms with E-state index in [4.69, 9.17) is 0 Å². The van der Waals surface area contributed by atoms with Crippen molar-refractivity contribution in [3.8, 4) is 0 Å². The van der Waals surface area contributed by atoms with E-state index in [2.05, 4.69) is 0 Å². The summed E-state index contributed by atoms with van der Waals surface area (Å²) in [6.07, 6.45) is 3.42. The number of nitrogens with zero attached hydrogens (tertiary/aromatic N) is 2. The van der Waals surface area contributed by atoms with Crippen molar-refractivity contribution >= 4 is 12.4 Å². The molecule has 4 nitrogen and oxygen atoms in total. The molecule has 0 bridgehead atoms. The topological polar surface area (TPSA) is 52.1 Å². The molecule has 0 radical (unpaired) electrons. The van der Waals surface area contributed by atoms with Crippen molar-refractivity contribution in [3.05, 3.63) is 82.2 Å². The molecule has 2 unspecified atom stereocenters. The molecule has 0 heterocycles. The average Bonchev–Trinajstić information content (AvgIpc) is 2.64. The van der Waals surface area contributed by atoms with Crippen molar-refractivity contribution in [2.75, 3.05) is 0 Å². The van der Waals surface area contributed by atoms with E-state index < -0.39 is 11.1 Å². The first kappa shape index (κ1) is 21.7. The van der Waals surface area contributed by atoms with Gasteiger partial charge in [0.15, 0.2) is 23.5 Å². The summed E-state index contributed by atoms with van der Waals surface area (Å²) >= 11 is 0. The minimum atomic E-state index is -0.560. The Balaban J connectivity index is 2.68. The van der Waals surface area contributed by atoms with Gasteiger partial charge in [-0.2, -0.15) is 0 Å². The minimum absolute atomic E-state index is 0.265. The summed E-state index contributed by atoms with van der Waals surface area (Å²) in [5.74, 6) is -0.529. The molecule has 0 fully saturated rings. The van der Waals surface area contributed by atoms with Crippen LogP contribution in [-0.2, 0) is 0 Å². The second-order valence-electron chi connectivity index (χ2n) is 9.16. The number of hydrogen-bond acceptors (Lipinski definition) is 2. The lowest BCUT2D eigenvalue weighted by molar-refractivity contribution is -0.534. The molecule has 0 N–H and O–H groups in total. The van der Waals surface area contributed by atoms with Crippen molar-refractivity contribution in [1.29, 1.82) is 0 Å². The van der Waals surface area contributed by atoms with Gasteiger partial charge in [0, 0.05) is 41.5 Å². The van der Waals surface area contributed by atoms with Crippen LogP contribution < -0.4 is 0 Å². The summed E-state index contributed by atoms with van der Waals surface area (Å²) in [5.41, 5.74) is 0.880. The monoisotopic (exact) mass is 380 g/mol. The zero-order valence-electron chi connectivity index (χ0n) is 17.8. The van der Waals surface area contributed by atoms with E-state index in [1.165, 1.54) is 0 Å². The first-order valence-electron chi connectivity index (χ1n) is 9.73. The maximum atomic E-state index is 12.8. The van der Waals surface area contributed by atoms with Crippen molar-refractivity contribution in [1.82, 2.24) is 0 Å². The van der Waals surface area contributed by atoms with Gasteiger partial charge in [0.25, 0.3) is 0 Å². The molecule has 0 spiro atoms. The molecule has 28 heavy (non-hydrogen) atoms. The molecular weight excluding hydrogens is 348 g/mol. The molecule has 0 amide bonds. The molecule has 0 saturated carbocycles. The highest BCUT2D eigenvalue weighted by Crippen LogP contribution is 2.31. The zero-order chi connectivity index (χ0) is 20.9. The zero-order valence-corrected chi connectivity index (χ0v) is 17.8. The van der Waals surface area contributed by atoms with Crippen LogP contribution in [0.3, 0.4) is 0 Å². The van der Waals surface area contributed by atoms with Crippen molar-refractivity contribution < 1.29 is 9.48 Å². The molecule has 0 aromatic heterocycles. The first-order valence-corrected chi connectivity index (χ1v) is 9.73. The lowest BCUT2D eigenvalue weighted by atomic mass is 9.82. The van der Waals surface area contributed by atoms with Crippen molar-refractivity contribution in [2.45, 2.75) is 64.5 Å². The van der Waals surface area contributed by atoms with E-state index in [9.17, 15) is 10.4 Å². The molecule has 4 heteroatoms. The van der Waals surface area contributed by atoms with Crippen molar-refractivity contribution in [3.63, 3.8) is 0 Å². The highest BCUT2D eigenvalue weighted by atomic mass is 16.5. The van der Waals surface area contributed by atoms with Crippen LogP contribution in [0.2, 0.25) is 0 Å². The van der Waals surface area contributed by atoms with Crippen LogP contribution in [0.1, 0.15) is 64.5 Å². The third-order valence-corrected chi connectivity index (χ3v) is 4.67. The fraction of sp³-hybridized carbons (Fsp3) is 0.417. The molecule has 0 aliphatic heterocycles. The summed E-state index contributed by atoms with van der Waals surface area (Å²) in [6, 6.07) is 19.8. The predicted octanol–water partition coefficient (Wildman–Crippen LogP) is 5.31. The van der Waals surface area contributed by atoms with Gasteiger partial charge < -0.3 is 10.4 Å². The van der Waals surface area contributed by atoms with Crippen LogP contribution in [0.4, 0.5) is 0 Å². The SMILES string of the molecule is CC(C)(C)/[N+]([O-])=C/C(c1ccccc1)C(/C=[N+](\[O-])C(C)(C)C)c1ccccc1. The van der Waals surface area contributed by atoms with E-state index in [0.29, 0.717) is 0 Å². The standard InChI is InChI=1S/C24H32N2O2/c1-23(2,3)25(27)17-21(19-13-9-7-10-14-19)22(18-26(28)24(4,5)6)20-15-11-8-12-16-20/h7-18,21-22H,1-6H3/b25-17-,26-18-. The Morgan fingerprint density at radius 1 is 0.607 bits per heavy atom. The molecule has 2 atom stereocenters. The van der Waals surface area contributed by atoms with Gasteiger partial charge in [0.05, 0.1) is 11.8 Å². The molecule has 150 valence electrons. The lowest BCUT2D eigenvalue weighted by Crippen LogP contribution is -2.34. The number of rotatable bonds is 5. The molecule has 2 aromatic carbocycles. The van der Waals surface area contributed by atoms with E-state index in [1.54, 1.807) is 12.4 Å². The Hall–Kier alpha value is -2.62. The normalized spacial score (nSPS) is 15.9. The Labute approximate surface area is 169 Å². The van der Waals surface area contributed by atoms with Gasteiger partial charge in [-0.05, 0) is 11.1 Å². The maximum absolute atomic E-state index is 12.8. The summed E-state index contributed by atoms with van der Waals surface area (Å²) in [4.78, 5) is 0. The smallest absolute Gasteiger partial charge is 0.164 e. The van der Waals surface area contributed by atoms with Crippen LogP contribution in [-0.4, -0.2) is 33.0 Å². The van der Waals surface area contributed by atoms with E-state index in [-0.39, 0.29) is 11.8 Å². The average molecular weight is 381 g/mol. The Bertz CT molecular complexity index is 742. The van der Waals surface area contributed by atoms with Gasteiger partial charge >= 0.3 is 0 Å². The minimum Gasteiger partial charge on any atom is -0.624 e. The largest absolute Gasteiger partial charge is 0.624 e. The molecule has 0 aliphatic rings. The molecular formula is C24H32N2O2. The Kier molecular flexibility index (Phi) is 6.65. The number of benzene rings is 2. The third-order valence-electron chi connectivity index (χ3n) is 4.67. The quantitative estimate of drug-likeness (QED) is 0.305. The highest BCUT2D eigenvalue weighted by Gasteiger charge is 2.31. The summed E-state index contributed by atoms with van der Waals surface area (Å²) in [6.45, 7) is 11.3. The van der Waals surface area contributed by atoms with Gasteiger partial charge in [-0.3, -0.25) is 0 Å². The molecule has 0 saturated heterocycles. The van der Waals surface area contributed by atoms with Crippen molar-refractivity contribution in [2.24, 2.45) is 0 Å². The maximum Gasteiger partial charge on any atom is 0.164 e. The van der Waals surface area contributed by atoms with Gasteiger partial charge in [-0.25, -0.2) is 9.48 Å². The van der Waals surface area contributed by atoms with Gasteiger partial charge in [-0.15, -0.1) is 0 Å². The third kappa shape index (κ3) is 5.69. The second-order valence-corrected chi connectivity index (χ2v) is 9.16. The van der Waals surface area contributed by atoms with Crippen LogP contribution in [0.15, 0.2) is 60.7 Å². The number of hydrogen-bond donors (Lipinski definition) is 0. The van der Waals surface area contributed by atoms with Crippen LogP contribution in [0.25, 0.3) is 0 Å². The molecule has 2 aromatic rings. The van der Waals surface area contributed by atoms with Gasteiger partial charge in [0.1, 0.15) is 0 Å². The van der Waals surface area contributed by atoms with Gasteiger partial charge in [0.2, 0.25) is 0 Å². The predicted molar refractivity (Wildman–Crippen MR) is 117 cm³/mol.